The number of halogens is 1. The van der Waals surface area contributed by atoms with Crippen LogP contribution in [0.1, 0.15) is 43.2 Å². The Bertz CT molecular complexity index is 715. The third kappa shape index (κ3) is 8.65. The van der Waals surface area contributed by atoms with Crippen LogP contribution >= 0.6 is 24.0 Å². The van der Waals surface area contributed by atoms with Gasteiger partial charge in [-0.2, -0.15) is 0 Å². The van der Waals surface area contributed by atoms with Crippen molar-refractivity contribution in [1.82, 2.24) is 15.1 Å². The number of nitrogens with zero attached hydrogens (tertiary/aromatic N) is 3. The SMILES string of the molecule is CN=C(NCc1cccc(CN2CCOCC2)c1)N1CCC(OCC2CCCCO2)CC1.I. The van der Waals surface area contributed by atoms with Crippen LogP contribution in [0, 0.1) is 0 Å². The summed E-state index contributed by atoms with van der Waals surface area (Å²) in [5.41, 5.74) is 2.66. The zero-order valence-electron chi connectivity index (χ0n) is 20.0. The number of likely N-dealkylation sites (tertiary alicyclic amines) is 1. The summed E-state index contributed by atoms with van der Waals surface area (Å²) in [5, 5.41) is 3.57. The number of aliphatic imine (C=N–C) groups is 1. The zero-order chi connectivity index (χ0) is 22.0. The third-order valence-corrected chi connectivity index (χ3v) is 6.70. The Morgan fingerprint density at radius 2 is 1.85 bits per heavy atom. The lowest BCUT2D eigenvalue weighted by Gasteiger charge is -2.35. The van der Waals surface area contributed by atoms with E-state index in [2.05, 4.69) is 44.4 Å². The maximum atomic E-state index is 6.17. The number of piperidine rings is 1. The summed E-state index contributed by atoms with van der Waals surface area (Å²) in [6.45, 7) is 9.10. The summed E-state index contributed by atoms with van der Waals surface area (Å²) in [5.74, 6) is 0.984. The molecule has 0 radical (unpaired) electrons. The molecule has 3 fully saturated rings. The van der Waals surface area contributed by atoms with Gasteiger partial charge in [-0.1, -0.05) is 24.3 Å². The number of benzene rings is 1. The highest BCUT2D eigenvalue weighted by Gasteiger charge is 2.23. The number of hydrogen-bond donors (Lipinski definition) is 1. The molecule has 0 saturated carbocycles. The number of hydrogen-bond acceptors (Lipinski definition) is 5. The van der Waals surface area contributed by atoms with Gasteiger partial charge in [-0.05, 0) is 43.2 Å². The topological polar surface area (TPSA) is 58.6 Å². The van der Waals surface area contributed by atoms with Gasteiger partial charge in [0.1, 0.15) is 0 Å². The van der Waals surface area contributed by atoms with Gasteiger partial charge in [-0.15, -0.1) is 24.0 Å². The molecule has 33 heavy (non-hydrogen) atoms. The van der Waals surface area contributed by atoms with Gasteiger partial charge < -0.3 is 24.4 Å². The van der Waals surface area contributed by atoms with Crippen LogP contribution in [0.4, 0.5) is 0 Å². The highest BCUT2D eigenvalue weighted by Crippen LogP contribution is 2.18. The fraction of sp³-hybridized carbons (Fsp3) is 0.720. The largest absolute Gasteiger partial charge is 0.379 e. The lowest BCUT2D eigenvalue weighted by Crippen LogP contribution is -2.47. The molecular weight excluding hydrogens is 531 g/mol. The summed E-state index contributed by atoms with van der Waals surface area (Å²) < 4.78 is 17.4. The van der Waals surface area contributed by atoms with Gasteiger partial charge in [0.2, 0.25) is 0 Å². The van der Waals surface area contributed by atoms with Gasteiger partial charge in [-0.25, -0.2) is 0 Å². The zero-order valence-corrected chi connectivity index (χ0v) is 22.4. The van der Waals surface area contributed by atoms with Crippen LogP contribution in [-0.2, 0) is 27.3 Å². The van der Waals surface area contributed by atoms with E-state index >= 15 is 0 Å². The normalized spacial score (nSPS) is 23.2. The van der Waals surface area contributed by atoms with E-state index in [4.69, 9.17) is 14.2 Å². The maximum absolute atomic E-state index is 6.17. The summed E-state index contributed by atoms with van der Waals surface area (Å²) in [6.07, 6.45) is 6.33. The predicted molar refractivity (Wildman–Crippen MR) is 142 cm³/mol. The van der Waals surface area contributed by atoms with Crippen molar-refractivity contribution in [3.05, 3.63) is 35.4 Å². The molecule has 0 aliphatic carbocycles. The van der Waals surface area contributed by atoms with Gasteiger partial charge in [0.25, 0.3) is 0 Å². The van der Waals surface area contributed by atoms with Crippen molar-refractivity contribution in [1.29, 1.82) is 0 Å². The second kappa shape index (κ2) is 14.5. The predicted octanol–water partition coefficient (Wildman–Crippen LogP) is 3.26. The van der Waals surface area contributed by atoms with E-state index in [1.807, 2.05) is 7.05 Å². The fourth-order valence-electron chi connectivity index (χ4n) is 4.79. The van der Waals surface area contributed by atoms with E-state index in [0.29, 0.717) is 12.2 Å². The molecular formula is C25H41IN4O3. The van der Waals surface area contributed by atoms with Crippen molar-refractivity contribution in [2.45, 2.75) is 57.4 Å². The molecule has 3 heterocycles. The van der Waals surface area contributed by atoms with E-state index in [1.165, 1.54) is 24.0 Å². The molecule has 0 bridgehead atoms. The van der Waals surface area contributed by atoms with Crippen molar-refractivity contribution in [3.8, 4) is 0 Å². The summed E-state index contributed by atoms with van der Waals surface area (Å²) in [4.78, 5) is 9.35. The minimum Gasteiger partial charge on any atom is -0.379 e. The van der Waals surface area contributed by atoms with Gasteiger partial charge in [-0.3, -0.25) is 9.89 Å². The molecule has 4 rings (SSSR count). The van der Waals surface area contributed by atoms with Crippen LogP contribution < -0.4 is 5.32 Å². The standard InChI is InChI=1S/C25H40N4O3.HI/c1-26-25(29-10-8-23(9-11-29)32-20-24-7-2-3-14-31-24)27-18-21-5-4-6-22(17-21)19-28-12-15-30-16-13-28;/h4-6,17,23-24H,2-3,7-16,18-20H2,1H3,(H,26,27);1H. The van der Waals surface area contributed by atoms with Crippen LogP contribution in [0.25, 0.3) is 0 Å². The van der Waals surface area contributed by atoms with Crippen LogP contribution in [-0.4, -0.2) is 87.6 Å². The minimum absolute atomic E-state index is 0. The summed E-state index contributed by atoms with van der Waals surface area (Å²) >= 11 is 0. The molecule has 1 aromatic rings. The molecule has 8 heteroatoms. The molecule has 3 saturated heterocycles. The lowest BCUT2D eigenvalue weighted by atomic mass is 10.1. The monoisotopic (exact) mass is 572 g/mol. The second-order valence-electron chi connectivity index (χ2n) is 9.12. The molecule has 7 nitrogen and oxygen atoms in total. The first kappa shape index (κ1) is 26.7. The molecule has 186 valence electrons. The van der Waals surface area contributed by atoms with E-state index in [-0.39, 0.29) is 24.0 Å². The van der Waals surface area contributed by atoms with Crippen molar-refractivity contribution >= 4 is 29.9 Å². The van der Waals surface area contributed by atoms with Crippen LogP contribution in [0.15, 0.2) is 29.3 Å². The molecule has 1 aromatic carbocycles. The number of morpholine rings is 1. The van der Waals surface area contributed by atoms with E-state index in [9.17, 15) is 0 Å². The van der Waals surface area contributed by atoms with E-state index < -0.39 is 0 Å². The van der Waals surface area contributed by atoms with Crippen molar-refractivity contribution < 1.29 is 14.2 Å². The first-order chi connectivity index (χ1) is 15.8. The first-order valence-corrected chi connectivity index (χ1v) is 12.4. The van der Waals surface area contributed by atoms with Crippen molar-refractivity contribution in [3.63, 3.8) is 0 Å². The van der Waals surface area contributed by atoms with E-state index in [0.717, 1.165) is 90.9 Å². The third-order valence-electron chi connectivity index (χ3n) is 6.70. The quantitative estimate of drug-likeness (QED) is 0.308. The number of ether oxygens (including phenoxy) is 3. The second-order valence-corrected chi connectivity index (χ2v) is 9.12. The Labute approximate surface area is 216 Å². The molecule has 3 aliphatic rings. The van der Waals surface area contributed by atoms with Crippen LogP contribution in [0.3, 0.4) is 0 Å². The molecule has 1 unspecified atom stereocenters. The Morgan fingerprint density at radius 1 is 1.06 bits per heavy atom. The molecule has 0 spiro atoms. The number of rotatable bonds is 7. The van der Waals surface area contributed by atoms with E-state index in [1.54, 1.807) is 0 Å². The molecule has 0 amide bonds. The van der Waals surface area contributed by atoms with Crippen LogP contribution in [0.5, 0.6) is 0 Å². The van der Waals surface area contributed by atoms with Gasteiger partial charge in [0.15, 0.2) is 5.96 Å². The molecule has 1 atom stereocenters. The van der Waals surface area contributed by atoms with Gasteiger partial charge in [0, 0.05) is 52.9 Å². The average Bonchev–Trinajstić information content (AvgIpc) is 2.85. The Balaban J connectivity index is 0.00000306. The summed E-state index contributed by atoms with van der Waals surface area (Å²) in [7, 11) is 1.88. The molecule has 1 N–H and O–H groups in total. The Hall–Kier alpha value is -0.940. The fourth-order valence-corrected chi connectivity index (χ4v) is 4.79. The Kier molecular flexibility index (Phi) is 11.7. The van der Waals surface area contributed by atoms with Crippen molar-refractivity contribution in [2.24, 2.45) is 4.99 Å². The number of guanidine groups is 1. The average molecular weight is 573 g/mol. The van der Waals surface area contributed by atoms with Gasteiger partial charge in [0.05, 0.1) is 32.0 Å². The highest BCUT2D eigenvalue weighted by molar-refractivity contribution is 14.0. The first-order valence-electron chi connectivity index (χ1n) is 12.4. The maximum Gasteiger partial charge on any atom is 0.193 e. The highest BCUT2D eigenvalue weighted by atomic mass is 127. The lowest BCUT2D eigenvalue weighted by molar-refractivity contribution is -0.0721. The Morgan fingerprint density at radius 3 is 2.58 bits per heavy atom. The van der Waals surface area contributed by atoms with Crippen molar-refractivity contribution in [2.75, 3.05) is 59.7 Å². The molecule has 0 aromatic heterocycles. The van der Waals surface area contributed by atoms with Crippen LogP contribution in [0.2, 0.25) is 0 Å². The number of nitrogens with one attached hydrogen (secondary N) is 1. The smallest absolute Gasteiger partial charge is 0.193 e. The summed E-state index contributed by atoms with van der Waals surface area (Å²) in [6, 6.07) is 8.88. The minimum atomic E-state index is 0. The molecule has 3 aliphatic heterocycles. The van der Waals surface area contributed by atoms with Gasteiger partial charge >= 0.3 is 0 Å².